The molecule has 1 aliphatic heterocycles. The number of amides is 1. The van der Waals surface area contributed by atoms with Gasteiger partial charge in [0.1, 0.15) is 6.07 Å². The number of hydrogen-bond acceptors (Lipinski definition) is 3. The van der Waals surface area contributed by atoms with Gasteiger partial charge in [-0.3, -0.25) is 4.79 Å². The zero-order chi connectivity index (χ0) is 13.8. The first-order chi connectivity index (χ1) is 9.17. The minimum Gasteiger partial charge on any atom is -0.310 e. The molecule has 1 aromatic carbocycles. The molecule has 19 heavy (non-hydrogen) atoms. The summed E-state index contributed by atoms with van der Waals surface area (Å²) >= 11 is 5.98. The normalized spacial score (nSPS) is 19.3. The van der Waals surface area contributed by atoms with Gasteiger partial charge in [-0.05, 0) is 37.6 Å². The molecule has 0 saturated carbocycles. The standard InChI is InChI=1S/C14H16ClN3O/c1-2-17-12-4-3-7-18(14(12)19)13-8-11(15)6-5-10(13)9-16/h5-6,8,12,17H,2-4,7H2,1H3. The van der Waals surface area contributed by atoms with Crippen molar-refractivity contribution in [1.82, 2.24) is 5.32 Å². The second-order valence-corrected chi connectivity index (χ2v) is 4.95. The summed E-state index contributed by atoms with van der Waals surface area (Å²) in [5, 5.41) is 12.9. The molecule has 1 unspecified atom stereocenters. The molecule has 1 aliphatic rings. The van der Waals surface area contributed by atoms with E-state index in [1.54, 1.807) is 23.1 Å². The fourth-order valence-electron chi connectivity index (χ4n) is 2.37. The molecule has 0 spiro atoms. The van der Waals surface area contributed by atoms with Gasteiger partial charge in [0.25, 0.3) is 0 Å². The van der Waals surface area contributed by atoms with Crippen molar-refractivity contribution in [1.29, 1.82) is 5.26 Å². The van der Waals surface area contributed by atoms with E-state index in [9.17, 15) is 4.79 Å². The van der Waals surface area contributed by atoms with Gasteiger partial charge in [0.05, 0.1) is 17.3 Å². The van der Waals surface area contributed by atoms with E-state index in [1.807, 2.05) is 6.92 Å². The Morgan fingerprint density at radius 2 is 2.37 bits per heavy atom. The molecule has 0 aromatic heterocycles. The fraction of sp³-hybridized carbons (Fsp3) is 0.429. The lowest BCUT2D eigenvalue weighted by Gasteiger charge is -2.33. The quantitative estimate of drug-likeness (QED) is 0.922. The third kappa shape index (κ3) is 2.89. The van der Waals surface area contributed by atoms with Crippen molar-refractivity contribution in [3.8, 4) is 6.07 Å². The van der Waals surface area contributed by atoms with Crippen LogP contribution >= 0.6 is 11.6 Å². The first kappa shape index (κ1) is 13.9. The van der Waals surface area contributed by atoms with Crippen LogP contribution in [0.15, 0.2) is 18.2 Å². The number of halogens is 1. The van der Waals surface area contributed by atoms with Crippen molar-refractivity contribution in [3.63, 3.8) is 0 Å². The molecule has 1 heterocycles. The molecule has 100 valence electrons. The van der Waals surface area contributed by atoms with E-state index in [0.717, 1.165) is 19.4 Å². The predicted molar refractivity (Wildman–Crippen MR) is 75.2 cm³/mol. The van der Waals surface area contributed by atoms with Crippen LogP contribution in [0.3, 0.4) is 0 Å². The van der Waals surface area contributed by atoms with Gasteiger partial charge in [0.2, 0.25) is 5.91 Å². The van der Waals surface area contributed by atoms with E-state index >= 15 is 0 Å². The summed E-state index contributed by atoms with van der Waals surface area (Å²) in [5.41, 5.74) is 1.09. The monoisotopic (exact) mass is 277 g/mol. The Morgan fingerprint density at radius 1 is 1.58 bits per heavy atom. The molecule has 1 N–H and O–H groups in total. The van der Waals surface area contributed by atoms with Crippen molar-refractivity contribution in [3.05, 3.63) is 28.8 Å². The molecule has 0 aliphatic carbocycles. The van der Waals surface area contributed by atoms with E-state index in [2.05, 4.69) is 11.4 Å². The maximum atomic E-state index is 12.4. The number of anilines is 1. The Bertz CT molecular complexity index is 522. The van der Waals surface area contributed by atoms with Crippen molar-refractivity contribution >= 4 is 23.2 Å². The summed E-state index contributed by atoms with van der Waals surface area (Å²) in [7, 11) is 0. The number of piperidine rings is 1. The first-order valence-corrected chi connectivity index (χ1v) is 6.79. The highest BCUT2D eigenvalue weighted by Gasteiger charge is 2.30. The number of likely N-dealkylation sites (N-methyl/N-ethyl adjacent to an activating group) is 1. The summed E-state index contributed by atoms with van der Waals surface area (Å²) in [4.78, 5) is 14.1. The SMILES string of the molecule is CCNC1CCCN(c2cc(Cl)ccc2C#N)C1=O. The summed E-state index contributed by atoms with van der Waals surface area (Å²) in [6.07, 6.45) is 1.76. The number of nitrogens with one attached hydrogen (secondary N) is 1. The van der Waals surface area contributed by atoms with Crippen molar-refractivity contribution < 1.29 is 4.79 Å². The number of hydrogen-bond donors (Lipinski definition) is 1. The Morgan fingerprint density at radius 3 is 3.05 bits per heavy atom. The molecule has 0 radical (unpaired) electrons. The van der Waals surface area contributed by atoms with Crippen molar-refractivity contribution in [2.24, 2.45) is 0 Å². The maximum absolute atomic E-state index is 12.4. The summed E-state index contributed by atoms with van der Waals surface area (Å²) in [5.74, 6) is 0.0202. The van der Waals surface area contributed by atoms with E-state index in [1.165, 1.54) is 0 Å². The number of nitrogens with zero attached hydrogens (tertiary/aromatic N) is 2. The van der Waals surface area contributed by atoms with E-state index in [-0.39, 0.29) is 11.9 Å². The maximum Gasteiger partial charge on any atom is 0.244 e. The van der Waals surface area contributed by atoms with Crippen LogP contribution in [0.1, 0.15) is 25.3 Å². The van der Waals surface area contributed by atoms with Gasteiger partial charge in [-0.2, -0.15) is 5.26 Å². The molecule has 0 bridgehead atoms. The average Bonchev–Trinajstić information content (AvgIpc) is 2.41. The summed E-state index contributed by atoms with van der Waals surface area (Å²) in [6, 6.07) is 6.96. The van der Waals surface area contributed by atoms with Gasteiger partial charge in [-0.25, -0.2) is 0 Å². The number of nitriles is 1. The topological polar surface area (TPSA) is 56.1 Å². The van der Waals surface area contributed by atoms with Gasteiger partial charge in [0.15, 0.2) is 0 Å². The van der Waals surface area contributed by atoms with Crippen LogP contribution in [0, 0.1) is 11.3 Å². The molecule has 2 rings (SSSR count). The second kappa shape index (κ2) is 6.05. The second-order valence-electron chi connectivity index (χ2n) is 4.52. The summed E-state index contributed by atoms with van der Waals surface area (Å²) < 4.78 is 0. The number of carbonyl (C=O) groups excluding carboxylic acids is 1. The Hall–Kier alpha value is -1.57. The Labute approximate surface area is 118 Å². The van der Waals surface area contributed by atoms with E-state index in [0.29, 0.717) is 22.8 Å². The van der Waals surface area contributed by atoms with Crippen molar-refractivity contribution in [2.75, 3.05) is 18.0 Å². The third-order valence-corrected chi connectivity index (χ3v) is 3.50. The van der Waals surface area contributed by atoms with Crippen LogP contribution in [-0.2, 0) is 4.79 Å². The molecule has 5 heteroatoms. The first-order valence-electron chi connectivity index (χ1n) is 6.41. The highest BCUT2D eigenvalue weighted by molar-refractivity contribution is 6.31. The van der Waals surface area contributed by atoms with Gasteiger partial charge in [-0.1, -0.05) is 18.5 Å². The van der Waals surface area contributed by atoms with E-state index < -0.39 is 0 Å². The predicted octanol–water partition coefficient (Wildman–Crippen LogP) is 2.32. The van der Waals surface area contributed by atoms with Gasteiger partial charge in [-0.15, -0.1) is 0 Å². The van der Waals surface area contributed by atoms with Crippen LogP contribution in [-0.4, -0.2) is 25.0 Å². The molecule has 1 aromatic rings. The molecule has 1 fully saturated rings. The fourth-order valence-corrected chi connectivity index (χ4v) is 2.54. The molecule has 1 saturated heterocycles. The highest BCUT2D eigenvalue weighted by Crippen LogP contribution is 2.27. The molecule has 1 amide bonds. The minimum absolute atomic E-state index is 0.0202. The largest absolute Gasteiger partial charge is 0.310 e. The summed E-state index contributed by atoms with van der Waals surface area (Å²) in [6.45, 7) is 3.37. The lowest BCUT2D eigenvalue weighted by molar-refractivity contribution is -0.121. The van der Waals surface area contributed by atoms with Crippen LogP contribution < -0.4 is 10.2 Å². The van der Waals surface area contributed by atoms with Crippen molar-refractivity contribution in [2.45, 2.75) is 25.8 Å². The number of rotatable bonds is 3. The minimum atomic E-state index is -0.163. The van der Waals surface area contributed by atoms with Gasteiger partial charge >= 0.3 is 0 Å². The van der Waals surface area contributed by atoms with Crippen LogP contribution in [0.5, 0.6) is 0 Å². The molecular formula is C14H16ClN3O. The van der Waals surface area contributed by atoms with Gasteiger partial charge in [0, 0.05) is 11.6 Å². The van der Waals surface area contributed by atoms with Crippen LogP contribution in [0.25, 0.3) is 0 Å². The molecule has 4 nitrogen and oxygen atoms in total. The highest BCUT2D eigenvalue weighted by atomic mass is 35.5. The lowest BCUT2D eigenvalue weighted by atomic mass is 10.0. The zero-order valence-corrected chi connectivity index (χ0v) is 11.6. The third-order valence-electron chi connectivity index (χ3n) is 3.26. The van der Waals surface area contributed by atoms with Crippen LogP contribution in [0.2, 0.25) is 5.02 Å². The Kier molecular flexibility index (Phi) is 4.41. The average molecular weight is 278 g/mol. The smallest absolute Gasteiger partial charge is 0.244 e. The van der Waals surface area contributed by atoms with Gasteiger partial charge < -0.3 is 10.2 Å². The number of benzene rings is 1. The van der Waals surface area contributed by atoms with Crippen LogP contribution in [0.4, 0.5) is 5.69 Å². The lowest BCUT2D eigenvalue weighted by Crippen LogP contribution is -2.51. The number of carbonyl (C=O) groups is 1. The zero-order valence-electron chi connectivity index (χ0n) is 10.8. The van der Waals surface area contributed by atoms with E-state index in [4.69, 9.17) is 16.9 Å². The molecular weight excluding hydrogens is 262 g/mol. The Balaban J connectivity index is 2.33. The molecule has 1 atom stereocenters.